The van der Waals surface area contributed by atoms with Crippen molar-refractivity contribution in [3.63, 3.8) is 0 Å². The molecular weight excluding hydrogens is 270 g/mol. The average molecular weight is 280 g/mol. The Kier molecular flexibility index (Phi) is 4.74. The Hall–Kier alpha value is -1.60. The van der Waals surface area contributed by atoms with Crippen LogP contribution in [0.1, 0.15) is 12.5 Å². The van der Waals surface area contributed by atoms with E-state index in [1.807, 2.05) is 24.3 Å². The predicted molar refractivity (Wildman–Crippen MR) is 65.4 cm³/mol. The molecule has 1 aromatic carbocycles. The zero-order valence-electron chi connectivity index (χ0n) is 8.74. The van der Waals surface area contributed by atoms with Crippen molar-refractivity contribution in [3.05, 3.63) is 51.4 Å². The van der Waals surface area contributed by atoms with Crippen LogP contribution in [0.3, 0.4) is 0 Å². The van der Waals surface area contributed by atoms with Gasteiger partial charge in [0.05, 0.1) is 13.2 Å². The molecule has 0 aliphatic heterocycles. The SMILES string of the molecule is [C-]#[N+]/C(=C\c1ccccc1Br)C(=O)OCC. The van der Waals surface area contributed by atoms with E-state index in [2.05, 4.69) is 20.8 Å². The van der Waals surface area contributed by atoms with E-state index < -0.39 is 5.97 Å². The molecule has 0 aliphatic carbocycles. The molecule has 0 unspecified atom stereocenters. The molecule has 0 radical (unpaired) electrons. The summed E-state index contributed by atoms with van der Waals surface area (Å²) in [6, 6.07) is 7.36. The zero-order valence-corrected chi connectivity index (χ0v) is 10.3. The summed E-state index contributed by atoms with van der Waals surface area (Å²) < 4.78 is 5.60. The third-order valence-electron chi connectivity index (χ3n) is 1.80. The number of nitrogens with zero attached hydrogens (tertiary/aromatic N) is 1. The number of esters is 1. The molecule has 1 rings (SSSR count). The molecule has 0 bridgehead atoms. The normalized spacial score (nSPS) is 10.7. The minimum atomic E-state index is -0.590. The van der Waals surface area contributed by atoms with E-state index in [9.17, 15) is 4.79 Å². The van der Waals surface area contributed by atoms with Gasteiger partial charge >= 0.3 is 5.97 Å². The topological polar surface area (TPSA) is 30.7 Å². The molecule has 3 nitrogen and oxygen atoms in total. The van der Waals surface area contributed by atoms with Gasteiger partial charge in [0.25, 0.3) is 5.70 Å². The summed E-state index contributed by atoms with van der Waals surface area (Å²) >= 11 is 3.34. The minimum Gasteiger partial charge on any atom is -0.471 e. The number of halogens is 1. The molecule has 0 N–H and O–H groups in total. The summed E-state index contributed by atoms with van der Waals surface area (Å²) in [7, 11) is 0. The largest absolute Gasteiger partial charge is 0.471 e. The van der Waals surface area contributed by atoms with Crippen LogP contribution in [0, 0.1) is 6.57 Å². The van der Waals surface area contributed by atoms with E-state index in [0.717, 1.165) is 10.0 Å². The second-order valence-corrected chi connectivity index (χ2v) is 3.74. The van der Waals surface area contributed by atoms with Gasteiger partial charge in [-0.15, -0.1) is 0 Å². The van der Waals surface area contributed by atoms with E-state index >= 15 is 0 Å². The Morgan fingerprint density at radius 2 is 2.25 bits per heavy atom. The lowest BCUT2D eigenvalue weighted by atomic mass is 10.2. The lowest BCUT2D eigenvalue weighted by Gasteiger charge is -2.01. The molecule has 0 spiro atoms. The van der Waals surface area contributed by atoms with Gasteiger partial charge < -0.3 is 4.74 Å². The molecule has 82 valence electrons. The molecule has 0 heterocycles. The molecule has 16 heavy (non-hydrogen) atoms. The van der Waals surface area contributed by atoms with Crippen LogP contribution in [0.15, 0.2) is 34.4 Å². The molecular formula is C12H10BrNO2. The summed E-state index contributed by atoms with van der Waals surface area (Å²) in [4.78, 5) is 14.5. The lowest BCUT2D eigenvalue weighted by Crippen LogP contribution is -2.04. The minimum absolute atomic E-state index is 0.0197. The molecule has 0 fully saturated rings. The maximum Gasteiger partial charge on any atom is 0.336 e. The first-order chi connectivity index (χ1) is 7.69. The third kappa shape index (κ3) is 3.21. The monoisotopic (exact) mass is 279 g/mol. The molecule has 0 amide bonds. The second-order valence-electron chi connectivity index (χ2n) is 2.88. The standard InChI is InChI=1S/C12H10BrNO2/c1-3-16-12(15)11(14-2)8-9-6-4-5-7-10(9)13/h4-8H,3H2,1H3/b11-8-. The number of hydrogen-bond acceptors (Lipinski definition) is 2. The van der Waals surface area contributed by atoms with Crippen molar-refractivity contribution in [2.45, 2.75) is 6.92 Å². The van der Waals surface area contributed by atoms with Gasteiger partial charge in [0.15, 0.2) is 0 Å². The molecule has 0 aromatic heterocycles. The van der Waals surface area contributed by atoms with Gasteiger partial charge in [0.1, 0.15) is 0 Å². The number of hydrogen-bond donors (Lipinski definition) is 0. The van der Waals surface area contributed by atoms with Crippen LogP contribution in [0.25, 0.3) is 10.9 Å². The fourth-order valence-corrected chi connectivity index (χ4v) is 1.48. The average Bonchev–Trinajstić information content (AvgIpc) is 2.28. The van der Waals surface area contributed by atoms with E-state index in [1.165, 1.54) is 6.08 Å². The molecule has 1 aromatic rings. The Labute approximate surface area is 103 Å². The first kappa shape index (κ1) is 12.5. The first-order valence-electron chi connectivity index (χ1n) is 4.69. The highest BCUT2D eigenvalue weighted by Gasteiger charge is 2.10. The van der Waals surface area contributed by atoms with Gasteiger partial charge in [-0.1, -0.05) is 34.1 Å². The summed E-state index contributed by atoms with van der Waals surface area (Å²) in [6.07, 6.45) is 1.51. The van der Waals surface area contributed by atoms with E-state index in [0.29, 0.717) is 0 Å². The van der Waals surface area contributed by atoms with Gasteiger partial charge in [0.2, 0.25) is 0 Å². The Bertz CT molecular complexity index is 460. The van der Waals surface area contributed by atoms with Crippen LogP contribution in [0.5, 0.6) is 0 Å². The van der Waals surface area contributed by atoms with E-state index in [4.69, 9.17) is 11.3 Å². The lowest BCUT2D eigenvalue weighted by molar-refractivity contribution is -0.138. The van der Waals surface area contributed by atoms with Gasteiger partial charge in [-0.05, 0) is 24.6 Å². The first-order valence-corrected chi connectivity index (χ1v) is 5.49. The van der Waals surface area contributed by atoms with Crippen molar-refractivity contribution >= 4 is 28.0 Å². The summed E-state index contributed by atoms with van der Waals surface area (Å²) in [6.45, 7) is 8.90. The van der Waals surface area contributed by atoms with Crippen molar-refractivity contribution in [1.82, 2.24) is 0 Å². The molecule has 0 saturated heterocycles. The van der Waals surface area contributed by atoms with Crippen molar-refractivity contribution in [1.29, 1.82) is 0 Å². The third-order valence-corrected chi connectivity index (χ3v) is 2.52. The molecule has 0 saturated carbocycles. The zero-order chi connectivity index (χ0) is 12.0. The molecule has 0 aliphatic rings. The number of rotatable bonds is 3. The van der Waals surface area contributed by atoms with Crippen LogP contribution in [0.4, 0.5) is 0 Å². The van der Waals surface area contributed by atoms with Crippen molar-refractivity contribution in [2.75, 3.05) is 6.61 Å². The Morgan fingerprint density at radius 3 is 2.81 bits per heavy atom. The fourth-order valence-electron chi connectivity index (χ4n) is 1.08. The van der Waals surface area contributed by atoms with Crippen LogP contribution in [-0.4, -0.2) is 12.6 Å². The summed E-state index contributed by atoms with van der Waals surface area (Å²) in [5.74, 6) is -0.590. The van der Waals surface area contributed by atoms with Gasteiger partial charge in [-0.25, -0.2) is 4.85 Å². The smallest absolute Gasteiger partial charge is 0.336 e. The number of benzene rings is 1. The second kappa shape index (κ2) is 6.09. The van der Waals surface area contributed by atoms with Gasteiger partial charge in [-0.2, -0.15) is 0 Å². The summed E-state index contributed by atoms with van der Waals surface area (Å²) in [5, 5.41) is 0. The van der Waals surface area contributed by atoms with Crippen molar-refractivity contribution in [3.8, 4) is 0 Å². The van der Waals surface area contributed by atoms with Gasteiger partial charge in [-0.3, -0.25) is 4.79 Å². The number of ether oxygens (including phenoxy) is 1. The maximum atomic E-state index is 11.4. The maximum absolute atomic E-state index is 11.4. The predicted octanol–water partition coefficient (Wildman–Crippen LogP) is 3.27. The Balaban J connectivity index is 3.02. The Morgan fingerprint density at radius 1 is 1.56 bits per heavy atom. The highest BCUT2D eigenvalue weighted by atomic mass is 79.9. The molecule has 0 atom stereocenters. The van der Waals surface area contributed by atoms with Crippen LogP contribution < -0.4 is 0 Å². The van der Waals surface area contributed by atoms with Crippen LogP contribution >= 0.6 is 15.9 Å². The quantitative estimate of drug-likeness (QED) is 0.483. The number of carbonyl (C=O) groups is 1. The van der Waals surface area contributed by atoms with Crippen molar-refractivity contribution in [2.24, 2.45) is 0 Å². The van der Waals surface area contributed by atoms with Gasteiger partial charge in [0, 0.05) is 4.47 Å². The van der Waals surface area contributed by atoms with Crippen molar-refractivity contribution < 1.29 is 9.53 Å². The fraction of sp³-hybridized carbons (Fsp3) is 0.167. The van der Waals surface area contributed by atoms with Crippen LogP contribution in [0.2, 0.25) is 0 Å². The van der Waals surface area contributed by atoms with E-state index in [1.54, 1.807) is 6.92 Å². The molecule has 4 heteroatoms. The van der Waals surface area contributed by atoms with E-state index in [-0.39, 0.29) is 12.3 Å². The highest BCUT2D eigenvalue weighted by Crippen LogP contribution is 2.19. The summed E-state index contributed by atoms with van der Waals surface area (Å²) in [5.41, 5.74) is 0.760. The van der Waals surface area contributed by atoms with Crippen LogP contribution in [-0.2, 0) is 9.53 Å². The number of carbonyl (C=O) groups excluding carboxylic acids is 1. The highest BCUT2D eigenvalue weighted by molar-refractivity contribution is 9.10.